The Kier molecular flexibility index (Phi) is 3.76. The molecule has 0 amide bonds. The predicted octanol–water partition coefficient (Wildman–Crippen LogP) is 3.01. The number of aryl methyl sites for hydroxylation is 1. The van der Waals surface area contributed by atoms with E-state index >= 15 is 0 Å². The number of thiophene rings is 1. The maximum absolute atomic E-state index is 9.13. The van der Waals surface area contributed by atoms with E-state index in [2.05, 4.69) is 36.3 Å². The van der Waals surface area contributed by atoms with Crippen LogP contribution >= 0.6 is 11.3 Å². The van der Waals surface area contributed by atoms with Gasteiger partial charge in [0.15, 0.2) is 0 Å². The monoisotopic (exact) mass is 248 g/mol. The summed E-state index contributed by atoms with van der Waals surface area (Å²) < 4.78 is 0. The van der Waals surface area contributed by atoms with Gasteiger partial charge >= 0.3 is 0 Å². The molecule has 0 fully saturated rings. The molecule has 2 aromatic rings. The van der Waals surface area contributed by atoms with Crippen LogP contribution in [0.5, 0.6) is 5.75 Å². The van der Waals surface area contributed by atoms with Crippen LogP contribution < -0.4 is 5.32 Å². The standard InChI is InChI=1S/C13H16N2OS/c1-9-3-6-13(17-9)10(2)14-7-11-4-5-12(16)8-15-11/h3-6,8,10,14,16H,7H2,1-2H3. The molecule has 0 bridgehead atoms. The first-order chi connectivity index (χ1) is 8.15. The molecule has 0 aromatic carbocycles. The van der Waals surface area contributed by atoms with E-state index in [1.807, 2.05) is 17.4 Å². The third-order valence-corrected chi connectivity index (χ3v) is 3.77. The lowest BCUT2D eigenvalue weighted by Gasteiger charge is -2.11. The van der Waals surface area contributed by atoms with Gasteiger partial charge in [-0.15, -0.1) is 11.3 Å². The van der Waals surface area contributed by atoms with Crippen molar-refractivity contribution in [1.82, 2.24) is 10.3 Å². The zero-order chi connectivity index (χ0) is 12.3. The van der Waals surface area contributed by atoms with Crippen LogP contribution in [0.25, 0.3) is 0 Å². The number of hydrogen-bond donors (Lipinski definition) is 2. The summed E-state index contributed by atoms with van der Waals surface area (Å²) in [6.45, 7) is 4.96. The Hall–Kier alpha value is -1.39. The van der Waals surface area contributed by atoms with E-state index in [1.54, 1.807) is 6.07 Å². The van der Waals surface area contributed by atoms with Gasteiger partial charge in [0.05, 0.1) is 11.9 Å². The van der Waals surface area contributed by atoms with E-state index in [1.165, 1.54) is 16.0 Å². The van der Waals surface area contributed by atoms with Crippen molar-refractivity contribution in [2.45, 2.75) is 26.4 Å². The average Bonchev–Trinajstić information content (AvgIpc) is 2.75. The van der Waals surface area contributed by atoms with Crippen LogP contribution in [-0.4, -0.2) is 10.1 Å². The van der Waals surface area contributed by atoms with Gasteiger partial charge in [0, 0.05) is 22.3 Å². The second-order valence-corrected chi connectivity index (χ2v) is 5.38. The Labute approximate surface area is 105 Å². The summed E-state index contributed by atoms with van der Waals surface area (Å²) in [6.07, 6.45) is 1.47. The second-order valence-electron chi connectivity index (χ2n) is 4.06. The smallest absolute Gasteiger partial charge is 0.133 e. The van der Waals surface area contributed by atoms with Crippen molar-refractivity contribution in [2.75, 3.05) is 0 Å². The SMILES string of the molecule is Cc1ccc(C(C)NCc2ccc(O)cn2)s1. The normalized spacial score (nSPS) is 12.6. The molecule has 2 rings (SSSR count). The number of aromatic nitrogens is 1. The van der Waals surface area contributed by atoms with Crippen LogP contribution in [0.2, 0.25) is 0 Å². The molecular formula is C13H16N2OS. The molecule has 17 heavy (non-hydrogen) atoms. The molecule has 2 heterocycles. The summed E-state index contributed by atoms with van der Waals surface area (Å²) >= 11 is 1.81. The van der Waals surface area contributed by atoms with Crippen LogP contribution in [0, 0.1) is 6.92 Å². The van der Waals surface area contributed by atoms with E-state index in [0.717, 1.165) is 5.69 Å². The van der Waals surface area contributed by atoms with E-state index in [-0.39, 0.29) is 5.75 Å². The zero-order valence-electron chi connectivity index (χ0n) is 9.97. The van der Waals surface area contributed by atoms with Gasteiger partial charge in [0.1, 0.15) is 5.75 Å². The van der Waals surface area contributed by atoms with Gasteiger partial charge in [-0.25, -0.2) is 0 Å². The molecule has 0 saturated carbocycles. The summed E-state index contributed by atoms with van der Waals surface area (Å²) in [5, 5.41) is 12.5. The summed E-state index contributed by atoms with van der Waals surface area (Å²) in [4.78, 5) is 6.80. The Bertz CT molecular complexity index is 478. The minimum atomic E-state index is 0.204. The number of rotatable bonds is 4. The number of aromatic hydroxyl groups is 1. The Morgan fingerprint density at radius 3 is 2.76 bits per heavy atom. The highest BCUT2D eigenvalue weighted by atomic mass is 32.1. The minimum Gasteiger partial charge on any atom is -0.506 e. The molecule has 90 valence electrons. The van der Waals surface area contributed by atoms with Gasteiger partial charge < -0.3 is 10.4 Å². The largest absolute Gasteiger partial charge is 0.506 e. The molecule has 0 spiro atoms. The molecule has 4 heteroatoms. The summed E-state index contributed by atoms with van der Waals surface area (Å²) in [5.41, 5.74) is 0.933. The Morgan fingerprint density at radius 1 is 1.35 bits per heavy atom. The molecule has 2 aromatic heterocycles. The van der Waals surface area contributed by atoms with Crippen LogP contribution in [0.15, 0.2) is 30.5 Å². The average molecular weight is 248 g/mol. The fourth-order valence-corrected chi connectivity index (χ4v) is 2.47. The highest BCUT2D eigenvalue weighted by Crippen LogP contribution is 2.22. The van der Waals surface area contributed by atoms with Crippen LogP contribution in [-0.2, 0) is 6.54 Å². The molecule has 0 aliphatic rings. The predicted molar refractivity (Wildman–Crippen MR) is 70.2 cm³/mol. The molecular weight excluding hydrogens is 232 g/mol. The molecule has 2 N–H and O–H groups in total. The maximum Gasteiger partial charge on any atom is 0.133 e. The van der Waals surface area contributed by atoms with Crippen molar-refractivity contribution in [3.8, 4) is 5.75 Å². The van der Waals surface area contributed by atoms with Gasteiger partial charge in [0.2, 0.25) is 0 Å². The lowest BCUT2D eigenvalue weighted by Crippen LogP contribution is -2.17. The highest BCUT2D eigenvalue weighted by Gasteiger charge is 2.07. The van der Waals surface area contributed by atoms with Crippen molar-refractivity contribution in [1.29, 1.82) is 0 Å². The highest BCUT2D eigenvalue weighted by molar-refractivity contribution is 7.12. The van der Waals surface area contributed by atoms with Crippen molar-refractivity contribution in [3.05, 3.63) is 45.9 Å². The first-order valence-electron chi connectivity index (χ1n) is 5.59. The molecule has 1 unspecified atom stereocenters. The minimum absolute atomic E-state index is 0.204. The lowest BCUT2D eigenvalue weighted by atomic mass is 10.2. The molecule has 0 aliphatic carbocycles. The Balaban J connectivity index is 1.92. The number of nitrogens with zero attached hydrogens (tertiary/aromatic N) is 1. The number of nitrogens with one attached hydrogen (secondary N) is 1. The number of hydrogen-bond acceptors (Lipinski definition) is 4. The fourth-order valence-electron chi connectivity index (χ4n) is 1.57. The topological polar surface area (TPSA) is 45.1 Å². The fraction of sp³-hybridized carbons (Fsp3) is 0.308. The van der Waals surface area contributed by atoms with Crippen molar-refractivity contribution in [3.63, 3.8) is 0 Å². The summed E-state index contributed by atoms with van der Waals surface area (Å²) in [5.74, 6) is 0.204. The molecule has 0 aliphatic heterocycles. The second kappa shape index (κ2) is 5.29. The van der Waals surface area contributed by atoms with Gasteiger partial charge in [-0.1, -0.05) is 0 Å². The van der Waals surface area contributed by atoms with Crippen LogP contribution in [0.4, 0.5) is 0 Å². The van der Waals surface area contributed by atoms with E-state index in [9.17, 15) is 0 Å². The lowest BCUT2D eigenvalue weighted by molar-refractivity contribution is 0.471. The third-order valence-electron chi connectivity index (χ3n) is 2.59. The van der Waals surface area contributed by atoms with Crippen molar-refractivity contribution < 1.29 is 5.11 Å². The summed E-state index contributed by atoms with van der Waals surface area (Å²) in [6, 6.07) is 8.10. The van der Waals surface area contributed by atoms with E-state index in [0.29, 0.717) is 12.6 Å². The van der Waals surface area contributed by atoms with Crippen LogP contribution in [0.1, 0.15) is 28.4 Å². The molecule has 0 radical (unpaired) electrons. The van der Waals surface area contributed by atoms with Gasteiger partial charge in [-0.2, -0.15) is 0 Å². The van der Waals surface area contributed by atoms with Crippen molar-refractivity contribution in [2.24, 2.45) is 0 Å². The van der Waals surface area contributed by atoms with Crippen LogP contribution in [0.3, 0.4) is 0 Å². The Morgan fingerprint density at radius 2 is 2.18 bits per heavy atom. The molecule has 0 saturated heterocycles. The van der Waals surface area contributed by atoms with E-state index in [4.69, 9.17) is 5.11 Å². The van der Waals surface area contributed by atoms with Gasteiger partial charge in [0.25, 0.3) is 0 Å². The molecule has 1 atom stereocenters. The first kappa shape index (κ1) is 12.1. The van der Waals surface area contributed by atoms with Gasteiger partial charge in [-0.05, 0) is 38.1 Å². The maximum atomic E-state index is 9.13. The zero-order valence-corrected chi connectivity index (χ0v) is 10.8. The van der Waals surface area contributed by atoms with E-state index < -0.39 is 0 Å². The summed E-state index contributed by atoms with van der Waals surface area (Å²) in [7, 11) is 0. The third kappa shape index (κ3) is 3.28. The van der Waals surface area contributed by atoms with Gasteiger partial charge in [-0.3, -0.25) is 4.98 Å². The molecule has 3 nitrogen and oxygen atoms in total. The quantitative estimate of drug-likeness (QED) is 0.874. The first-order valence-corrected chi connectivity index (χ1v) is 6.40. The van der Waals surface area contributed by atoms with Crippen molar-refractivity contribution >= 4 is 11.3 Å². The number of pyridine rings is 1.